The van der Waals surface area contributed by atoms with Crippen molar-refractivity contribution >= 4 is 28.8 Å². The number of nitrogens with zero attached hydrogens (tertiary/aromatic N) is 2. The number of piperidine rings is 1. The predicted octanol–water partition coefficient (Wildman–Crippen LogP) is 5.30. The molecule has 3 unspecified atom stereocenters. The normalized spacial score (nSPS) is 18.9. The van der Waals surface area contributed by atoms with Crippen molar-refractivity contribution in [1.82, 2.24) is 20.1 Å². The summed E-state index contributed by atoms with van der Waals surface area (Å²) in [5.74, 6) is 1.91. The maximum Gasteiger partial charge on any atom is 0.408 e. The molecule has 0 saturated carbocycles. The van der Waals surface area contributed by atoms with E-state index in [0.29, 0.717) is 19.5 Å². The van der Waals surface area contributed by atoms with Crippen molar-refractivity contribution in [3.05, 3.63) is 71.4 Å². The summed E-state index contributed by atoms with van der Waals surface area (Å²) in [5.41, 5.74) is 3.31. The molecule has 1 aliphatic carbocycles. The van der Waals surface area contributed by atoms with Gasteiger partial charge in [0.15, 0.2) is 0 Å². The molecule has 2 N–H and O–H groups in total. The molecule has 1 aliphatic heterocycles. The van der Waals surface area contributed by atoms with Crippen molar-refractivity contribution in [1.29, 1.82) is 0 Å². The van der Waals surface area contributed by atoms with Gasteiger partial charge in [-0.3, -0.25) is 9.59 Å². The number of hydrogen-bond acceptors (Lipinski definition) is 4. The third kappa shape index (κ3) is 5.99. The van der Waals surface area contributed by atoms with Gasteiger partial charge in [-0.05, 0) is 62.8 Å². The van der Waals surface area contributed by atoms with E-state index in [0.717, 1.165) is 34.9 Å². The van der Waals surface area contributed by atoms with Crippen LogP contribution in [0.2, 0.25) is 0 Å². The number of terminal acetylenes is 1. The van der Waals surface area contributed by atoms with Gasteiger partial charge in [-0.15, -0.1) is 6.42 Å². The summed E-state index contributed by atoms with van der Waals surface area (Å²) in [6, 6.07) is 15.3. The summed E-state index contributed by atoms with van der Waals surface area (Å²) >= 11 is 0. The molecule has 3 aromatic rings. The molecule has 5 rings (SSSR count). The lowest BCUT2D eigenvalue weighted by molar-refractivity contribution is -0.136. The van der Waals surface area contributed by atoms with E-state index >= 15 is 0 Å². The van der Waals surface area contributed by atoms with Crippen LogP contribution in [-0.2, 0) is 19.7 Å². The molecule has 8 nitrogen and oxygen atoms in total. The van der Waals surface area contributed by atoms with Gasteiger partial charge in [-0.2, -0.15) is 0 Å². The van der Waals surface area contributed by atoms with Gasteiger partial charge in [0.1, 0.15) is 11.6 Å². The highest BCUT2D eigenvalue weighted by molar-refractivity contribution is 5.90. The lowest BCUT2D eigenvalue weighted by Gasteiger charge is -2.42. The molecule has 1 saturated heterocycles. The zero-order chi connectivity index (χ0) is 30.9. The average Bonchev–Trinajstić information content (AvgIpc) is 3.54. The Morgan fingerprint density at radius 1 is 1.14 bits per heavy atom. The van der Waals surface area contributed by atoms with Crippen molar-refractivity contribution in [3.8, 4) is 12.3 Å². The van der Waals surface area contributed by atoms with E-state index in [9.17, 15) is 14.4 Å². The largest absolute Gasteiger partial charge is 0.444 e. The Kier molecular flexibility index (Phi) is 8.29. The molecule has 1 aromatic heterocycles. The van der Waals surface area contributed by atoms with E-state index in [4.69, 9.17) is 11.2 Å². The smallest absolute Gasteiger partial charge is 0.408 e. The number of ether oxygens (including phenoxy) is 1. The minimum atomic E-state index is -0.814. The second kappa shape index (κ2) is 11.8. The molecular formula is C35H42N4O4. The van der Waals surface area contributed by atoms with Crippen LogP contribution in [0.15, 0.2) is 54.7 Å². The van der Waals surface area contributed by atoms with Gasteiger partial charge in [0, 0.05) is 48.6 Å². The molecule has 1 fully saturated rings. The first-order valence-corrected chi connectivity index (χ1v) is 15.1. The lowest BCUT2D eigenvalue weighted by atomic mass is 9.73. The first-order valence-electron chi connectivity index (χ1n) is 15.1. The first kappa shape index (κ1) is 30.2. The maximum atomic E-state index is 14.2. The fourth-order valence-corrected chi connectivity index (χ4v) is 6.91. The van der Waals surface area contributed by atoms with Crippen LogP contribution in [0, 0.1) is 12.3 Å². The number of alkyl carbamates (subject to hydrolysis) is 1. The molecular weight excluding hydrogens is 540 g/mol. The molecule has 0 radical (unpaired) electrons. The molecule has 1 spiro atoms. The minimum Gasteiger partial charge on any atom is -0.444 e. The third-order valence-corrected chi connectivity index (χ3v) is 9.09. The summed E-state index contributed by atoms with van der Waals surface area (Å²) in [7, 11) is 1.75. The van der Waals surface area contributed by atoms with Gasteiger partial charge in [0.05, 0.1) is 12.5 Å². The Labute approximate surface area is 254 Å². The SMILES string of the molecule is C#CCN(C)C(=O)C1CC2(CCN(C(=O)C(NC(=O)OC(C)(C)C)C(C)c3c[nH]c4ccccc34)CC2)c2ccccc21. The number of aromatic nitrogens is 1. The highest BCUT2D eigenvalue weighted by Gasteiger charge is 2.49. The molecule has 2 aliphatic rings. The third-order valence-electron chi connectivity index (χ3n) is 9.09. The van der Waals surface area contributed by atoms with E-state index in [1.54, 1.807) is 32.7 Å². The molecule has 3 amide bonds. The van der Waals surface area contributed by atoms with Crippen molar-refractivity contribution in [3.63, 3.8) is 0 Å². The zero-order valence-electron chi connectivity index (χ0n) is 25.8. The maximum absolute atomic E-state index is 14.2. The number of amides is 3. The molecule has 8 heteroatoms. The van der Waals surface area contributed by atoms with Gasteiger partial charge in [-0.1, -0.05) is 55.3 Å². The van der Waals surface area contributed by atoms with Crippen LogP contribution in [-0.4, -0.2) is 71.0 Å². The molecule has 226 valence electrons. The average molecular weight is 583 g/mol. The second-order valence-corrected chi connectivity index (χ2v) is 13.1. The van der Waals surface area contributed by atoms with Gasteiger partial charge in [0.2, 0.25) is 11.8 Å². The number of rotatable bonds is 6. The molecule has 0 bridgehead atoms. The van der Waals surface area contributed by atoms with Crippen LogP contribution in [0.4, 0.5) is 4.79 Å². The summed E-state index contributed by atoms with van der Waals surface area (Å²) in [4.78, 5) is 47.4. The highest BCUT2D eigenvalue weighted by atomic mass is 16.6. The van der Waals surface area contributed by atoms with Crippen LogP contribution < -0.4 is 5.32 Å². The number of fused-ring (bicyclic) bond motifs is 3. The summed E-state index contributed by atoms with van der Waals surface area (Å²) in [5, 5.41) is 3.93. The van der Waals surface area contributed by atoms with Crippen molar-refractivity contribution in [2.75, 3.05) is 26.7 Å². The minimum absolute atomic E-state index is 0.0370. The van der Waals surface area contributed by atoms with Crippen molar-refractivity contribution < 1.29 is 19.1 Å². The predicted molar refractivity (Wildman–Crippen MR) is 168 cm³/mol. The summed E-state index contributed by atoms with van der Waals surface area (Å²) in [6.45, 7) is 8.71. The Balaban J connectivity index is 1.37. The monoisotopic (exact) mass is 582 g/mol. The fraction of sp³-hybridized carbons (Fsp3) is 0.457. The van der Waals surface area contributed by atoms with Gasteiger partial charge < -0.3 is 24.8 Å². The zero-order valence-corrected chi connectivity index (χ0v) is 25.8. The highest BCUT2D eigenvalue weighted by Crippen LogP contribution is 2.52. The van der Waals surface area contributed by atoms with Crippen molar-refractivity contribution in [2.24, 2.45) is 0 Å². The Morgan fingerprint density at radius 3 is 2.51 bits per heavy atom. The number of likely N-dealkylation sites (N-methyl/N-ethyl adjacent to an activating group) is 1. The molecule has 2 heterocycles. The number of carbonyl (C=O) groups excluding carboxylic acids is 3. The number of carbonyl (C=O) groups is 3. The summed E-state index contributed by atoms with van der Waals surface area (Å²) in [6.07, 6.45) is 8.96. The van der Waals surface area contributed by atoms with Crippen LogP contribution in [0.5, 0.6) is 0 Å². The van der Waals surface area contributed by atoms with Crippen LogP contribution in [0.3, 0.4) is 0 Å². The molecule has 43 heavy (non-hydrogen) atoms. The van der Waals surface area contributed by atoms with E-state index < -0.39 is 17.7 Å². The number of para-hydroxylation sites is 1. The van der Waals surface area contributed by atoms with E-state index in [-0.39, 0.29) is 35.6 Å². The first-order chi connectivity index (χ1) is 20.4. The van der Waals surface area contributed by atoms with Gasteiger partial charge in [0.25, 0.3) is 0 Å². The van der Waals surface area contributed by atoms with E-state index in [1.807, 2.05) is 54.4 Å². The van der Waals surface area contributed by atoms with Crippen LogP contribution >= 0.6 is 0 Å². The number of benzene rings is 2. The fourth-order valence-electron chi connectivity index (χ4n) is 6.91. The van der Waals surface area contributed by atoms with E-state index in [1.165, 1.54) is 5.56 Å². The number of nitrogens with one attached hydrogen (secondary N) is 2. The number of H-pyrrole nitrogens is 1. The number of likely N-dealkylation sites (tertiary alicyclic amines) is 1. The quantitative estimate of drug-likeness (QED) is 0.386. The molecule has 2 aromatic carbocycles. The standard InChI is InChI=1S/C35H42N4O4/c1-7-18-38(6)31(40)26-21-35(28-14-10-8-12-24(26)28)16-19-39(20-17-35)32(41)30(37-33(42)43-34(3,4)5)23(2)27-22-36-29-15-11-9-13-25(27)29/h1,8-15,22-23,26,30,36H,16-21H2,2-6H3,(H,37,42). The van der Waals surface area contributed by atoms with Gasteiger partial charge >= 0.3 is 6.09 Å². The van der Waals surface area contributed by atoms with Crippen LogP contribution in [0.25, 0.3) is 10.9 Å². The van der Waals surface area contributed by atoms with Crippen LogP contribution in [0.1, 0.15) is 75.5 Å². The second-order valence-electron chi connectivity index (χ2n) is 13.1. The van der Waals surface area contributed by atoms with Gasteiger partial charge in [-0.25, -0.2) is 4.79 Å². The van der Waals surface area contributed by atoms with E-state index in [2.05, 4.69) is 28.4 Å². The van der Waals surface area contributed by atoms with Crippen molar-refractivity contribution in [2.45, 2.75) is 75.9 Å². The number of hydrogen-bond donors (Lipinski definition) is 2. The topological polar surface area (TPSA) is 94.7 Å². The Morgan fingerprint density at radius 2 is 1.81 bits per heavy atom. The molecule has 3 atom stereocenters. The Hall–Kier alpha value is -4.25. The Bertz CT molecular complexity index is 1550. The number of aromatic amines is 1. The summed E-state index contributed by atoms with van der Waals surface area (Å²) < 4.78 is 5.57. The lowest BCUT2D eigenvalue weighted by Crippen LogP contribution is -2.55.